The fourth-order valence-corrected chi connectivity index (χ4v) is 6.45. The van der Waals surface area contributed by atoms with Gasteiger partial charge in [-0.1, -0.05) is 13.8 Å². The highest BCUT2D eigenvalue weighted by molar-refractivity contribution is 8.35. The van der Waals surface area contributed by atoms with Gasteiger partial charge in [0.1, 0.15) is 5.70 Å². The highest BCUT2D eigenvalue weighted by Crippen LogP contribution is 2.21. The number of carbonyl (C=O) groups is 1. The molecule has 0 aromatic carbocycles. The van der Waals surface area contributed by atoms with Crippen molar-refractivity contribution >= 4 is 33.8 Å². The van der Waals surface area contributed by atoms with Crippen LogP contribution in [0.2, 0.25) is 0 Å². The Morgan fingerprint density at radius 3 is 2.67 bits per heavy atom. The number of piperidine rings is 1. The minimum atomic E-state index is -1.09. The van der Waals surface area contributed by atoms with Crippen molar-refractivity contribution in [3.8, 4) is 0 Å². The molecule has 1 rings (SSSR count). The van der Waals surface area contributed by atoms with E-state index in [1.807, 2.05) is 4.90 Å². The van der Waals surface area contributed by atoms with Crippen molar-refractivity contribution in [3.63, 3.8) is 0 Å². The van der Waals surface area contributed by atoms with E-state index in [1.54, 1.807) is 0 Å². The first-order valence-electron chi connectivity index (χ1n) is 7.84. The molecule has 0 spiro atoms. The third kappa shape index (κ3) is 6.91. The second kappa shape index (κ2) is 10.9. The molecule has 1 fully saturated rings. The molecule has 1 amide bonds. The number of rotatable bonds is 8. The van der Waals surface area contributed by atoms with Crippen LogP contribution in [0.15, 0.2) is 0 Å². The fraction of sp³-hybridized carbons (Fsp3) is 0.929. The van der Waals surface area contributed by atoms with Gasteiger partial charge >= 0.3 is 0 Å². The second-order valence-corrected chi connectivity index (χ2v) is 11.1. The summed E-state index contributed by atoms with van der Waals surface area (Å²) in [7, 11) is -0.551. The van der Waals surface area contributed by atoms with Gasteiger partial charge in [-0.2, -0.15) is 0 Å². The second-order valence-electron chi connectivity index (χ2n) is 5.28. The molecule has 21 heavy (non-hydrogen) atoms. The van der Waals surface area contributed by atoms with E-state index in [-0.39, 0.29) is 5.91 Å². The monoisotopic (exact) mass is 353 g/mol. The molecule has 1 heterocycles. The van der Waals surface area contributed by atoms with Crippen LogP contribution in [0.25, 0.3) is 0 Å². The molecule has 0 N–H and O–H groups in total. The Balaban J connectivity index is 2.70. The fourth-order valence-electron chi connectivity index (χ4n) is 2.20. The molecule has 0 aromatic heterocycles. The van der Waals surface area contributed by atoms with E-state index < -0.39 is 16.1 Å². The van der Waals surface area contributed by atoms with E-state index in [9.17, 15) is 4.79 Å². The van der Waals surface area contributed by atoms with Crippen molar-refractivity contribution in [2.45, 2.75) is 58.9 Å². The first-order chi connectivity index (χ1) is 10.1. The molecule has 124 valence electrons. The van der Waals surface area contributed by atoms with Gasteiger partial charge in [0.15, 0.2) is 0 Å². The summed E-state index contributed by atoms with van der Waals surface area (Å²) in [6, 6.07) is 0.343. The van der Waals surface area contributed by atoms with Crippen LogP contribution < -0.4 is 0 Å². The Bertz CT molecular complexity index is 411. The summed E-state index contributed by atoms with van der Waals surface area (Å²) in [6.45, 7) is 8.43. The van der Waals surface area contributed by atoms with Gasteiger partial charge in [0.25, 0.3) is 0 Å². The molecule has 0 aromatic rings. The van der Waals surface area contributed by atoms with Gasteiger partial charge in [-0.3, -0.25) is 4.79 Å². The minimum Gasteiger partial charge on any atom is -0.339 e. The highest BCUT2D eigenvalue weighted by Gasteiger charge is 2.24. The number of hydrogen-bond acceptors (Lipinski definition) is 4. The molecule has 7 heteroatoms. The number of nitrogens with zero attached hydrogens (tertiary/aromatic N) is 1. The molecule has 1 aliphatic rings. The van der Waals surface area contributed by atoms with Crippen molar-refractivity contribution in [3.05, 3.63) is 0 Å². The van der Waals surface area contributed by atoms with Crippen LogP contribution in [-0.2, 0) is 35.7 Å². The minimum absolute atomic E-state index is 0.180. The Labute approximate surface area is 136 Å². The lowest BCUT2D eigenvalue weighted by Gasteiger charge is -2.33. The molecule has 0 saturated carbocycles. The molecular weight excluding hydrogens is 325 g/mol. The number of amides is 1. The maximum Gasteiger partial charge on any atom is 0.235 e. The SMILES string of the molecule is CCCOP(=S)=S(CC(=O)N1CCCCC1C)OCCC. The first-order valence-corrected chi connectivity index (χ1v) is 12.0. The van der Waals surface area contributed by atoms with Gasteiger partial charge in [-0.15, -0.1) is 0 Å². The van der Waals surface area contributed by atoms with Crippen LogP contribution in [0.4, 0.5) is 0 Å². The van der Waals surface area contributed by atoms with E-state index in [2.05, 4.69) is 20.8 Å². The standard InChI is InChI=1S/C14H28NO3PS2/c1-4-10-17-19(20)21(18-11-5-2)12-14(16)15-9-7-6-8-13(15)3/h13H,4-12H2,1-3H3. The third-order valence-electron chi connectivity index (χ3n) is 3.36. The predicted molar refractivity (Wildman–Crippen MR) is 94.0 cm³/mol. The summed E-state index contributed by atoms with van der Waals surface area (Å²) < 4.78 is 11.5. The maximum absolute atomic E-state index is 12.5. The van der Waals surface area contributed by atoms with Crippen LogP contribution in [0.5, 0.6) is 0 Å². The molecule has 1 saturated heterocycles. The van der Waals surface area contributed by atoms with E-state index >= 15 is 0 Å². The molecule has 1 aliphatic heterocycles. The summed E-state index contributed by atoms with van der Waals surface area (Å²) in [5, 5.41) is 0. The lowest BCUT2D eigenvalue weighted by Crippen LogP contribution is -2.44. The zero-order valence-corrected chi connectivity index (χ0v) is 15.9. The third-order valence-corrected chi connectivity index (χ3v) is 8.85. The average Bonchev–Trinajstić information content (AvgIpc) is 2.49. The molecule has 4 nitrogen and oxygen atoms in total. The first kappa shape index (κ1) is 19.3. The zero-order chi connectivity index (χ0) is 15.7. The van der Waals surface area contributed by atoms with Crippen LogP contribution in [0, 0.1) is 0 Å². The highest BCUT2D eigenvalue weighted by atomic mass is 32.7. The van der Waals surface area contributed by atoms with Crippen LogP contribution in [0.1, 0.15) is 52.9 Å². The number of hydrogen-bond donors (Lipinski definition) is 0. The van der Waals surface area contributed by atoms with E-state index in [1.165, 1.54) is 6.42 Å². The van der Waals surface area contributed by atoms with Crippen LogP contribution >= 0.6 is 5.70 Å². The molecule has 3 atom stereocenters. The van der Waals surface area contributed by atoms with Gasteiger partial charge in [-0.25, -0.2) is 0 Å². The van der Waals surface area contributed by atoms with Gasteiger partial charge in [0.2, 0.25) is 5.91 Å². The normalized spacial score (nSPS) is 21.2. The molecule has 0 aliphatic carbocycles. The molecule has 0 bridgehead atoms. The van der Waals surface area contributed by atoms with Gasteiger partial charge in [0, 0.05) is 22.9 Å². The topological polar surface area (TPSA) is 38.8 Å². The van der Waals surface area contributed by atoms with E-state index in [0.717, 1.165) is 32.2 Å². The van der Waals surface area contributed by atoms with Crippen molar-refractivity contribution < 1.29 is 13.5 Å². The summed E-state index contributed by atoms with van der Waals surface area (Å²) in [6.07, 6.45) is 5.30. The Kier molecular flexibility index (Phi) is 10.0. The molecule has 0 radical (unpaired) electrons. The lowest BCUT2D eigenvalue weighted by atomic mass is 10.0. The molecule has 3 unspecified atom stereocenters. The average molecular weight is 353 g/mol. The largest absolute Gasteiger partial charge is 0.339 e. The van der Waals surface area contributed by atoms with Crippen LogP contribution in [-0.4, -0.2) is 42.4 Å². The van der Waals surface area contributed by atoms with Crippen molar-refractivity contribution in [1.29, 1.82) is 0 Å². The number of likely N-dealkylation sites (tertiary alicyclic amines) is 1. The van der Waals surface area contributed by atoms with Crippen molar-refractivity contribution in [2.75, 3.05) is 25.5 Å². The Morgan fingerprint density at radius 2 is 2.05 bits per heavy atom. The summed E-state index contributed by atoms with van der Waals surface area (Å²) in [5.74, 6) is 0.572. The predicted octanol–water partition coefficient (Wildman–Crippen LogP) is 3.55. The zero-order valence-electron chi connectivity index (χ0n) is 13.4. The van der Waals surface area contributed by atoms with Crippen molar-refractivity contribution in [2.24, 2.45) is 0 Å². The molecular formula is C14H28NO3PS2. The summed E-state index contributed by atoms with van der Waals surface area (Å²) in [4.78, 5) is 14.5. The Morgan fingerprint density at radius 1 is 1.33 bits per heavy atom. The van der Waals surface area contributed by atoms with Gasteiger partial charge < -0.3 is 13.6 Å². The summed E-state index contributed by atoms with van der Waals surface area (Å²) >= 11 is 5.45. The number of carbonyl (C=O) groups excluding carboxylic acids is 1. The van der Waals surface area contributed by atoms with E-state index in [4.69, 9.17) is 20.5 Å². The van der Waals surface area contributed by atoms with Crippen molar-refractivity contribution in [1.82, 2.24) is 4.90 Å². The Hall–Kier alpha value is 0.260. The lowest BCUT2D eigenvalue weighted by molar-refractivity contribution is -0.131. The summed E-state index contributed by atoms with van der Waals surface area (Å²) in [5.41, 5.74) is -1.09. The van der Waals surface area contributed by atoms with Gasteiger partial charge in [-0.05, 0) is 50.8 Å². The smallest absolute Gasteiger partial charge is 0.235 e. The van der Waals surface area contributed by atoms with Gasteiger partial charge in [0.05, 0.1) is 19.0 Å². The quantitative estimate of drug-likeness (QED) is 0.626. The van der Waals surface area contributed by atoms with Crippen LogP contribution in [0.3, 0.4) is 0 Å². The van der Waals surface area contributed by atoms with E-state index in [0.29, 0.717) is 25.0 Å². The maximum atomic E-state index is 12.5.